The number of thioether (sulfide) groups is 1. The van der Waals surface area contributed by atoms with Crippen LogP contribution in [0.25, 0.3) is 0 Å². The van der Waals surface area contributed by atoms with Gasteiger partial charge in [-0.25, -0.2) is 0 Å². The quantitative estimate of drug-likeness (QED) is 0.408. The van der Waals surface area contributed by atoms with E-state index in [1.165, 1.54) is 0 Å². The highest BCUT2D eigenvalue weighted by Crippen LogP contribution is 2.10. The zero-order valence-corrected chi connectivity index (χ0v) is 9.67. The summed E-state index contributed by atoms with van der Waals surface area (Å²) in [5, 5.41) is 0. The standard InChI is InChI=1S/C10H18O4S/c1(11-5-9-7-13-9)3-15-4-2-12-6-10-8-14-10/h9-10H,1-8H2. The molecular formula is C10H18O4S. The second kappa shape index (κ2) is 6.70. The molecule has 2 atom stereocenters. The highest BCUT2D eigenvalue weighted by molar-refractivity contribution is 7.99. The SMILES string of the molecule is C(CSCCOCC1CO1)OCC1CO1. The van der Waals surface area contributed by atoms with Crippen LogP contribution in [0.1, 0.15) is 0 Å². The van der Waals surface area contributed by atoms with Crippen molar-refractivity contribution in [3.8, 4) is 0 Å². The van der Waals surface area contributed by atoms with E-state index in [2.05, 4.69) is 0 Å². The minimum absolute atomic E-state index is 0.386. The molecule has 2 heterocycles. The lowest BCUT2D eigenvalue weighted by molar-refractivity contribution is 0.128. The average molecular weight is 234 g/mol. The molecule has 0 aromatic rings. The van der Waals surface area contributed by atoms with Gasteiger partial charge in [0.1, 0.15) is 12.2 Å². The molecule has 2 aliphatic rings. The van der Waals surface area contributed by atoms with Gasteiger partial charge in [-0.05, 0) is 0 Å². The molecule has 2 unspecified atom stereocenters. The van der Waals surface area contributed by atoms with Gasteiger partial charge in [0.05, 0.1) is 39.6 Å². The molecule has 0 N–H and O–H groups in total. The van der Waals surface area contributed by atoms with Crippen molar-refractivity contribution in [1.82, 2.24) is 0 Å². The predicted octanol–water partition coefficient (Wildman–Crippen LogP) is 0.550. The topological polar surface area (TPSA) is 43.5 Å². The molecule has 4 nitrogen and oxygen atoms in total. The Labute approximate surface area is 94.6 Å². The fourth-order valence-corrected chi connectivity index (χ4v) is 1.77. The molecule has 2 saturated heterocycles. The van der Waals surface area contributed by atoms with Crippen molar-refractivity contribution in [1.29, 1.82) is 0 Å². The van der Waals surface area contributed by atoms with Gasteiger partial charge in [0.25, 0.3) is 0 Å². The summed E-state index contributed by atoms with van der Waals surface area (Å²) in [7, 11) is 0. The van der Waals surface area contributed by atoms with E-state index in [9.17, 15) is 0 Å². The van der Waals surface area contributed by atoms with Gasteiger partial charge >= 0.3 is 0 Å². The van der Waals surface area contributed by atoms with E-state index < -0.39 is 0 Å². The Morgan fingerprint density at radius 2 is 1.40 bits per heavy atom. The van der Waals surface area contributed by atoms with Crippen LogP contribution >= 0.6 is 11.8 Å². The molecular weight excluding hydrogens is 216 g/mol. The van der Waals surface area contributed by atoms with Crippen molar-refractivity contribution in [2.45, 2.75) is 12.2 Å². The summed E-state index contributed by atoms with van der Waals surface area (Å²) in [6.45, 7) is 4.91. The largest absolute Gasteiger partial charge is 0.378 e. The highest BCUT2D eigenvalue weighted by Gasteiger charge is 2.22. The van der Waals surface area contributed by atoms with E-state index in [4.69, 9.17) is 18.9 Å². The fraction of sp³-hybridized carbons (Fsp3) is 1.00. The third kappa shape index (κ3) is 6.37. The van der Waals surface area contributed by atoms with Crippen LogP contribution in [0.3, 0.4) is 0 Å². The van der Waals surface area contributed by atoms with Gasteiger partial charge in [0.2, 0.25) is 0 Å². The summed E-state index contributed by atoms with van der Waals surface area (Å²) >= 11 is 1.87. The summed E-state index contributed by atoms with van der Waals surface area (Å²) in [4.78, 5) is 0. The second-order valence-corrected chi connectivity index (χ2v) is 4.90. The van der Waals surface area contributed by atoms with Crippen LogP contribution in [-0.4, -0.2) is 63.4 Å². The van der Waals surface area contributed by atoms with Crippen LogP contribution in [0.4, 0.5) is 0 Å². The Bertz CT molecular complexity index is 153. The molecule has 0 aliphatic carbocycles. The maximum absolute atomic E-state index is 5.41. The van der Waals surface area contributed by atoms with Crippen molar-refractivity contribution in [3.63, 3.8) is 0 Å². The van der Waals surface area contributed by atoms with Gasteiger partial charge < -0.3 is 18.9 Å². The normalized spacial score (nSPS) is 28.0. The lowest BCUT2D eigenvalue weighted by Gasteiger charge is -2.03. The van der Waals surface area contributed by atoms with Gasteiger partial charge in [0, 0.05) is 11.5 Å². The van der Waals surface area contributed by atoms with Gasteiger partial charge in [-0.2, -0.15) is 11.8 Å². The van der Waals surface area contributed by atoms with Crippen molar-refractivity contribution in [3.05, 3.63) is 0 Å². The monoisotopic (exact) mass is 234 g/mol. The first-order valence-corrected chi connectivity index (χ1v) is 6.57. The first kappa shape index (κ1) is 11.7. The minimum Gasteiger partial charge on any atom is -0.378 e. The third-order valence-electron chi connectivity index (χ3n) is 2.16. The molecule has 0 aromatic heterocycles. The van der Waals surface area contributed by atoms with Crippen LogP contribution in [0.2, 0.25) is 0 Å². The third-order valence-corrected chi connectivity index (χ3v) is 3.07. The van der Waals surface area contributed by atoms with Crippen LogP contribution < -0.4 is 0 Å². The Hall–Kier alpha value is 0.190. The van der Waals surface area contributed by atoms with E-state index >= 15 is 0 Å². The van der Waals surface area contributed by atoms with Gasteiger partial charge in [0.15, 0.2) is 0 Å². The predicted molar refractivity (Wildman–Crippen MR) is 58.4 cm³/mol. The van der Waals surface area contributed by atoms with Crippen LogP contribution in [0, 0.1) is 0 Å². The van der Waals surface area contributed by atoms with Gasteiger partial charge in [-0.15, -0.1) is 0 Å². The van der Waals surface area contributed by atoms with Crippen molar-refractivity contribution in [2.24, 2.45) is 0 Å². The number of hydrogen-bond acceptors (Lipinski definition) is 5. The van der Waals surface area contributed by atoms with Crippen LogP contribution in [-0.2, 0) is 18.9 Å². The average Bonchev–Trinajstić information content (AvgIpc) is 3.10. The highest BCUT2D eigenvalue weighted by atomic mass is 32.2. The molecule has 88 valence electrons. The molecule has 2 rings (SSSR count). The molecule has 2 fully saturated rings. The number of rotatable bonds is 10. The van der Waals surface area contributed by atoms with Crippen molar-refractivity contribution < 1.29 is 18.9 Å². The zero-order chi connectivity index (χ0) is 10.3. The van der Waals surface area contributed by atoms with E-state index in [0.717, 1.165) is 51.1 Å². The fourth-order valence-electron chi connectivity index (χ4n) is 1.10. The van der Waals surface area contributed by atoms with E-state index in [1.54, 1.807) is 0 Å². The summed E-state index contributed by atoms with van der Waals surface area (Å²) in [6, 6.07) is 0. The molecule has 5 heteroatoms. The van der Waals surface area contributed by atoms with Gasteiger partial charge in [-0.3, -0.25) is 0 Å². The van der Waals surface area contributed by atoms with E-state index in [-0.39, 0.29) is 0 Å². The summed E-state index contributed by atoms with van der Waals surface area (Å²) < 4.78 is 20.9. The molecule has 0 amide bonds. The first-order valence-electron chi connectivity index (χ1n) is 5.41. The summed E-state index contributed by atoms with van der Waals surface area (Å²) in [5.41, 5.74) is 0. The molecule has 0 bridgehead atoms. The number of ether oxygens (including phenoxy) is 4. The molecule has 0 saturated carbocycles. The number of hydrogen-bond donors (Lipinski definition) is 0. The molecule has 2 aliphatic heterocycles. The Balaban J connectivity index is 1.23. The molecule has 0 aromatic carbocycles. The van der Waals surface area contributed by atoms with Crippen LogP contribution in [0.15, 0.2) is 0 Å². The summed E-state index contributed by atoms with van der Waals surface area (Å²) in [5.74, 6) is 2.08. The molecule has 0 radical (unpaired) electrons. The zero-order valence-electron chi connectivity index (χ0n) is 8.85. The molecule has 15 heavy (non-hydrogen) atoms. The van der Waals surface area contributed by atoms with E-state index in [0.29, 0.717) is 12.2 Å². The smallest absolute Gasteiger partial charge is 0.104 e. The number of epoxide rings is 2. The van der Waals surface area contributed by atoms with Crippen molar-refractivity contribution >= 4 is 11.8 Å². The van der Waals surface area contributed by atoms with Crippen molar-refractivity contribution in [2.75, 3.05) is 51.1 Å². The van der Waals surface area contributed by atoms with E-state index in [1.807, 2.05) is 11.8 Å². The maximum atomic E-state index is 5.41. The Morgan fingerprint density at radius 1 is 0.933 bits per heavy atom. The Kier molecular flexibility index (Phi) is 5.22. The minimum atomic E-state index is 0.386. The Morgan fingerprint density at radius 3 is 1.80 bits per heavy atom. The first-order chi connectivity index (χ1) is 7.45. The lowest BCUT2D eigenvalue weighted by Crippen LogP contribution is -2.07. The summed E-state index contributed by atoms with van der Waals surface area (Å²) in [6.07, 6.45) is 0.772. The maximum Gasteiger partial charge on any atom is 0.104 e. The van der Waals surface area contributed by atoms with Gasteiger partial charge in [-0.1, -0.05) is 0 Å². The van der Waals surface area contributed by atoms with Crippen LogP contribution in [0.5, 0.6) is 0 Å². The molecule has 0 spiro atoms. The second-order valence-electron chi connectivity index (χ2n) is 3.67. The lowest BCUT2D eigenvalue weighted by atomic mass is 10.5.